The summed E-state index contributed by atoms with van der Waals surface area (Å²) in [6.45, 7) is 0. The third-order valence-electron chi connectivity index (χ3n) is 2.25. The van der Waals surface area contributed by atoms with E-state index in [1.54, 1.807) is 30.2 Å². The summed E-state index contributed by atoms with van der Waals surface area (Å²) in [6, 6.07) is 7.42. The molecule has 0 aliphatic heterocycles. The topological polar surface area (TPSA) is 50.8 Å². The Morgan fingerprint density at radius 1 is 1.47 bits per heavy atom. The normalized spacial score (nSPS) is 10.2. The number of carbonyl (C=O) groups is 1. The minimum Gasteiger partial charge on any atom is -0.266 e. The van der Waals surface area contributed by atoms with Crippen LogP contribution in [0.3, 0.4) is 0 Å². The third-order valence-corrected chi connectivity index (χ3v) is 2.90. The molecule has 2 aromatic rings. The lowest BCUT2D eigenvalue weighted by atomic mass is 10.1. The van der Waals surface area contributed by atoms with Crippen LogP contribution in [0.4, 0.5) is 0 Å². The monoisotopic (exact) mass is 295 g/mol. The fourth-order valence-corrected chi connectivity index (χ4v) is 1.74. The molecular weight excluding hydrogens is 284 g/mol. The van der Waals surface area contributed by atoms with Crippen LogP contribution in [0.1, 0.15) is 15.9 Å². The van der Waals surface area contributed by atoms with Gasteiger partial charge in [-0.05, 0) is 17.7 Å². The smallest absolute Gasteiger partial charge is 0.266 e. The zero-order valence-electron chi connectivity index (χ0n) is 9.30. The molecule has 88 valence electrons. The van der Waals surface area contributed by atoms with Gasteiger partial charge in [-0.15, -0.1) is 9.36 Å². The number of rotatable bonds is 3. The lowest BCUT2D eigenvalue weighted by Crippen LogP contribution is -2.46. The Labute approximate surface area is 107 Å². The molecule has 2 rings (SSSR count). The second-order valence-electron chi connectivity index (χ2n) is 3.60. The van der Waals surface area contributed by atoms with Crippen LogP contribution >= 0.6 is 15.9 Å². The summed E-state index contributed by atoms with van der Waals surface area (Å²) in [5.74, 6) is -0.163. The van der Waals surface area contributed by atoms with E-state index in [-0.39, 0.29) is 5.91 Å². The molecule has 5 nitrogen and oxygen atoms in total. The van der Waals surface area contributed by atoms with Crippen LogP contribution in [-0.4, -0.2) is 15.7 Å². The molecule has 0 saturated heterocycles. The van der Waals surface area contributed by atoms with Gasteiger partial charge in [0.05, 0.1) is 7.05 Å². The van der Waals surface area contributed by atoms with Gasteiger partial charge in [-0.2, -0.15) is 0 Å². The molecule has 0 fully saturated rings. The molecule has 1 aromatic heterocycles. The van der Waals surface area contributed by atoms with E-state index in [9.17, 15) is 4.79 Å². The van der Waals surface area contributed by atoms with Crippen LogP contribution in [-0.2, 0) is 12.4 Å². The highest BCUT2D eigenvalue weighted by Gasteiger charge is 2.09. The van der Waals surface area contributed by atoms with Crippen molar-refractivity contribution in [2.75, 3.05) is 5.43 Å². The Hall–Kier alpha value is -1.69. The van der Waals surface area contributed by atoms with Gasteiger partial charge in [0, 0.05) is 16.0 Å². The van der Waals surface area contributed by atoms with E-state index < -0.39 is 0 Å². The van der Waals surface area contributed by atoms with Crippen LogP contribution in [0, 0.1) is 0 Å². The molecule has 0 spiro atoms. The Morgan fingerprint density at radius 2 is 2.18 bits per heavy atom. The highest BCUT2D eigenvalue weighted by atomic mass is 79.9. The largest absolute Gasteiger partial charge is 0.287 e. The van der Waals surface area contributed by atoms with E-state index in [1.807, 2.05) is 12.1 Å². The molecule has 1 aromatic carbocycles. The molecule has 1 N–H and O–H groups in total. The van der Waals surface area contributed by atoms with Gasteiger partial charge < -0.3 is 0 Å². The third kappa shape index (κ3) is 2.91. The van der Waals surface area contributed by atoms with Crippen molar-refractivity contribution in [3.8, 4) is 0 Å². The maximum Gasteiger partial charge on any atom is 0.287 e. The van der Waals surface area contributed by atoms with Crippen molar-refractivity contribution in [1.82, 2.24) is 9.78 Å². The minimum atomic E-state index is -0.163. The van der Waals surface area contributed by atoms with E-state index in [0.717, 1.165) is 10.9 Å². The van der Waals surface area contributed by atoms with E-state index in [4.69, 9.17) is 0 Å². The number of aryl methyl sites for hydroxylation is 1. The Bertz CT molecular complexity index is 521. The highest BCUT2D eigenvalue weighted by molar-refractivity contribution is 9.08. The van der Waals surface area contributed by atoms with Crippen molar-refractivity contribution in [2.24, 2.45) is 7.05 Å². The standard InChI is InChI=1S/C11H11BrN4O/c1-15-8-16(7-13-15)14-11(17)10-4-2-9(6-12)3-5-10/h2-5,7-8H,6H2,1H3/p+1. The second kappa shape index (κ2) is 5.09. The summed E-state index contributed by atoms with van der Waals surface area (Å²) in [5.41, 5.74) is 4.45. The minimum absolute atomic E-state index is 0.163. The number of aromatic nitrogens is 3. The molecule has 17 heavy (non-hydrogen) atoms. The summed E-state index contributed by atoms with van der Waals surface area (Å²) in [4.78, 5) is 11.8. The van der Waals surface area contributed by atoms with Gasteiger partial charge >= 0.3 is 0 Å². The molecule has 0 radical (unpaired) electrons. The summed E-state index contributed by atoms with van der Waals surface area (Å²) in [6.07, 6.45) is 3.20. The maximum absolute atomic E-state index is 11.8. The SMILES string of the molecule is Cn1c[n+](NC(=O)c2ccc(CBr)cc2)cn1. The Morgan fingerprint density at radius 3 is 2.71 bits per heavy atom. The zero-order chi connectivity index (χ0) is 12.3. The number of amides is 1. The average Bonchev–Trinajstić information content (AvgIpc) is 2.75. The number of benzene rings is 1. The van der Waals surface area contributed by atoms with Crippen LogP contribution in [0.15, 0.2) is 36.9 Å². The van der Waals surface area contributed by atoms with Crippen molar-refractivity contribution >= 4 is 21.8 Å². The zero-order valence-corrected chi connectivity index (χ0v) is 10.9. The van der Waals surface area contributed by atoms with Crippen molar-refractivity contribution in [3.63, 3.8) is 0 Å². The van der Waals surface area contributed by atoms with Gasteiger partial charge in [0.1, 0.15) is 0 Å². The van der Waals surface area contributed by atoms with Crippen molar-refractivity contribution in [3.05, 3.63) is 48.0 Å². The Balaban J connectivity index is 2.09. The number of nitrogens with one attached hydrogen (secondary N) is 1. The number of alkyl halides is 1. The van der Waals surface area contributed by atoms with Crippen LogP contribution < -0.4 is 10.1 Å². The van der Waals surface area contributed by atoms with Crippen LogP contribution in [0.5, 0.6) is 0 Å². The van der Waals surface area contributed by atoms with Crippen molar-refractivity contribution in [1.29, 1.82) is 0 Å². The van der Waals surface area contributed by atoms with E-state index in [0.29, 0.717) is 5.56 Å². The predicted molar refractivity (Wildman–Crippen MR) is 66.2 cm³/mol. The summed E-state index contributed by atoms with van der Waals surface area (Å²) in [5, 5.41) is 4.73. The first-order valence-corrected chi connectivity index (χ1v) is 6.17. The molecule has 0 atom stereocenters. The molecule has 6 heteroatoms. The van der Waals surface area contributed by atoms with Crippen LogP contribution in [0.2, 0.25) is 0 Å². The van der Waals surface area contributed by atoms with Crippen molar-refractivity contribution < 1.29 is 9.47 Å². The first-order chi connectivity index (χ1) is 8.19. The number of hydrogen-bond donors (Lipinski definition) is 1. The molecule has 0 saturated carbocycles. The fourth-order valence-electron chi connectivity index (χ4n) is 1.36. The molecule has 1 amide bonds. The van der Waals surface area contributed by atoms with Gasteiger partial charge in [-0.25, -0.2) is 5.43 Å². The van der Waals surface area contributed by atoms with Crippen molar-refractivity contribution in [2.45, 2.75) is 5.33 Å². The number of hydrogen-bond acceptors (Lipinski definition) is 2. The van der Waals surface area contributed by atoms with E-state index in [1.165, 1.54) is 11.0 Å². The lowest BCUT2D eigenvalue weighted by molar-refractivity contribution is -0.642. The Kier molecular flexibility index (Phi) is 3.53. The van der Waals surface area contributed by atoms with Gasteiger partial charge in [0.25, 0.3) is 12.2 Å². The van der Waals surface area contributed by atoms with E-state index in [2.05, 4.69) is 26.5 Å². The predicted octanol–water partition coefficient (Wildman–Crippen LogP) is 0.986. The molecule has 0 unspecified atom stereocenters. The summed E-state index contributed by atoms with van der Waals surface area (Å²) in [7, 11) is 1.79. The molecule has 0 aliphatic rings. The van der Waals surface area contributed by atoms with Gasteiger partial charge in [0.15, 0.2) is 0 Å². The van der Waals surface area contributed by atoms with Gasteiger partial charge in [-0.3, -0.25) is 4.79 Å². The average molecular weight is 296 g/mol. The fraction of sp³-hybridized carbons (Fsp3) is 0.182. The second-order valence-corrected chi connectivity index (χ2v) is 4.16. The summed E-state index contributed by atoms with van der Waals surface area (Å²) < 4.78 is 3.12. The maximum atomic E-state index is 11.8. The van der Waals surface area contributed by atoms with E-state index >= 15 is 0 Å². The first kappa shape index (κ1) is 11.8. The molecule has 0 bridgehead atoms. The number of nitrogens with zero attached hydrogens (tertiary/aromatic N) is 3. The number of carbonyl (C=O) groups excluding carboxylic acids is 1. The molecule has 0 aliphatic carbocycles. The summed E-state index contributed by atoms with van der Waals surface area (Å²) >= 11 is 3.36. The highest BCUT2D eigenvalue weighted by Crippen LogP contribution is 2.07. The number of halogens is 1. The molecular formula is C11H12BrN4O+. The van der Waals surface area contributed by atoms with Gasteiger partial charge in [0.2, 0.25) is 6.33 Å². The van der Waals surface area contributed by atoms with Gasteiger partial charge in [-0.1, -0.05) is 28.1 Å². The molecule has 1 heterocycles. The lowest BCUT2D eigenvalue weighted by Gasteiger charge is -2.01. The first-order valence-electron chi connectivity index (χ1n) is 5.05. The van der Waals surface area contributed by atoms with Crippen LogP contribution in [0.25, 0.3) is 0 Å². The quantitative estimate of drug-likeness (QED) is 0.678.